The maximum atomic E-state index is 5.65. The Bertz CT molecular complexity index is 211. The maximum absolute atomic E-state index is 5.65. The number of nitrogens with one attached hydrogen (secondary N) is 1. The van der Waals surface area contributed by atoms with E-state index in [2.05, 4.69) is 30.5 Å². The molecule has 2 unspecified atom stereocenters. The highest BCUT2D eigenvalue weighted by molar-refractivity contribution is 8.07. The Labute approximate surface area is 84.7 Å². The minimum Gasteiger partial charge on any atom is -0.317 e. The van der Waals surface area contributed by atoms with Crippen LogP contribution in [0, 0.1) is 0 Å². The van der Waals surface area contributed by atoms with E-state index in [1.807, 2.05) is 6.92 Å². The highest BCUT2D eigenvalue weighted by Crippen LogP contribution is 2.33. The molecule has 1 saturated heterocycles. The summed E-state index contributed by atoms with van der Waals surface area (Å²) in [7, 11) is 0. The third kappa shape index (κ3) is 3.98. The van der Waals surface area contributed by atoms with E-state index in [-0.39, 0.29) is 0 Å². The lowest BCUT2D eigenvalue weighted by Crippen LogP contribution is -2.23. The molecule has 0 aromatic rings. The standard InChI is InChI=1S/C10H18N2S/c1-3-5-8(4-2)6-7-12-10-9(11)13-10/h3-5,9-10,12H,6-7,11H2,1-2H3. The van der Waals surface area contributed by atoms with Gasteiger partial charge in [-0.25, -0.2) is 0 Å². The molecular formula is C10H18N2S. The van der Waals surface area contributed by atoms with Gasteiger partial charge >= 0.3 is 0 Å². The largest absolute Gasteiger partial charge is 0.317 e. The van der Waals surface area contributed by atoms with Gasteiger partial charge in [0.25, 0.3) is 0 Å². The van der Waals surface area contributed by atoms with Crippen LogP contribution < -0.4 is 11.1 Å². The fourth-order valence-corrected chi connectivity index (χ4v) is 1.74. The van der Waals surface area contributed by atoms with Crippen LogP contribution in [-0.2, 0) is 0 Å². The van der Waals surface area contributed by atoms with Gasteiger partial charge in [0.1, 0.15) is 0 Å². The highest BCUT2D eigenvalue weighted by Gasteiger charge is 2.33. The number of rotatable bonds is 5. The molecule has 0 spiro atoms. The smallest absolute Gasteiger partial charge is 0.0797 e. The summed E-state index contributed by atoms with van der Waals surface area (Å²) in [5.74, 6) is 0. The molecule has 0 aliphatic carbocycles. The van der Waals surface area contributed by atoms with E-state index in [9.17, 15) is 0 Å². The molecule has 0 aromatic heterocycles. The van der Waals surface area contributed by atoms with Crippen LogP contribution in [0.1, 0.15) is 20.3 Å². The molecule has 0 amide bonds. The third-order valence-corrected chi connectivity index (χ3v) is 3.06. The molecule has 1 fully saturated rings. The van der Waals surface area contributed by atoms with Gasteiger partial charge in [0.2, 0.25) is 0 Å². The van der Waals surface area contributed by atoms with Crippen LogP contribution in [0.3, 0.4) is 0 Å². The van der Waals surface area contributed by atoms with Gasteiger partial charge in [-0.1, -0.05) is 23.8 Å². The lowest BCUT2D eigenvalue weighted by Gasteiger charge is -2.02. The van der Waals surface area contributed by atoms with Crippen LogP contribution in [0.25, 0.3) is 0 Å². The summed E-state index contributed by atoms with van der Waals surface area (Å²) in [4.78, 5) is 0. The summed E-state index contributed by atoms with van der Waals surface area (Å²) < 4.78 is 0. The third-order valence-electron chi connectivity index (χ3n) is 2.04. The number of hydrogen-bond acceptors (Lipinski definition) is 3. The van der Waals surface area contributed by atoms with E-state index in [0.717, 1.165) is 13.0 Å². The molecule has 13 heavy (non-hydrogen) atoms. The van der Waals surface area contributed by atoms with Gasteiger partial charge in [-0.15, -0.1) is 11.8 Å². The Hall–Kier alpha value is -0.250. The van der Waals surface area contributed by atoms with Crippen LogP contribution in [0.5, 0.6) is 0 Å². The van der Waals surface area contributed by atoms with Crippen molar-refractivity contribution in [1.82, 2.24) is 5.32 Å². The van der Waals surface area contributed by atoms with Gasteiger partial charge in [0.05, 0.1) is 10.7 Å². The molecule has 74 valence electrons. The summed E-state index contributed by atoms with van der Waals surface area (Å²) in [5, 5.41) is 4.23. The monoisotopic (exact) mass is 198 g/mol. The molecule has 2 atom stereocenters. The number of hydrogen-bond donors (Lipinski definition) is 2. The van der Waals surface area contributed by atoms with Crippen molar-refractivity contribution in [3.8, 4) is 0 Å². The molecule has 3 N–H and O–H groups in total. The van der Waals surface area contributed by atoms with Crippen LogP contribution >= 0.6 is 11.8 Å². The zero-order valence-electron chi connectivity index (χ0n) is 8.29. The molecule has 1 aliphatic rings. The van der Waals surface area contributed by atoms with E-state index in [4.69, 9.17) is 5.73 Å². The van der Waals surface area contributed by atoms with E-state index in [1.165, 1.54) is 5.57 Å². The van der Waals surface area contributed by atoms with Crippen molar-refractivity contribution in [2.75, 3.05) is 6.54 Å². The van der Waals surface area contributed by atoms with Gasteiger partial charge in [0, 0.05) is 6.54 Å². The quantitative estimate of drug-likeness (QED) is 0.523. The Morgan fingerprint density at radius 2 is 2.23 bits per heavy atom. The summed E-state index contributed by atoms with van der Waals surface area (Å²) in [6, 6.07) is 0. The zero-order valence-corrected chi connectivity index (χ0v) is 9.10. The first-order chi connectivity index (χ1) is 6.27. The van der Waals surface area contributed by atoms with Crippen LogP contribution in [-0.4, -0.2) is 17.3 Å². The van der Waals surface area contributed by atoms with E-state index < -0.39 is 0 Å². The van der Waals surface area contributed by atoms with Crippen molar-refractivity contribution >= 4 is 11.8 Å². The summed E-state index contributed by atoms with van der Waals surface area (Å²) in [6.45, 7) is 5.14. The normalized spacial score (nSPS) is 28.4. The summed E-state index contributed by atoms with van der Waals surface area (Å²) >= 11 is 1.79. The van der Waals surface area contributed by atoms with Gasteiger partial charge in [-0.05, 0) is 20.3 Å². The lowest BCUT2D eigenvalue weighted by atomic mass is 10.1. The lowest BCUT2D eigenvalue weighted by molar-refractivity contribution is 0.681. The average Bonchev–Trinajstić information content (AvgIpc) is 2.81. The first kappa shape index (κ1) is 10.8. The number of allylic oxidation sites excluding steroid dienone is 3. The second kappa shape index (κ2) is 5.47. The second-order valence-electron chi connectivity index (χ2n) is 3.09. The number of thioether (sulfide) groups is 1. The molecule has 0 bridgehead atoms. The van der Waals surface area contributed by atoms with E-state index in [0.29, 0.717) is 10.7 Å². The molecule has 0 aromatic carbocycles. The van der Waals surface area contributed by atoms with Crippen molar-refractivity contribution in [3.63, 3.8) is 0 Å². The Morgan fingerprint density at radius 1 is 1.54 bits per heavy atom. The molecular weight excluding hydrogens is 180 g/mol. The van der Waals surface area contributed by atoms with Crippen molar-refractivity contribution in [2.24, 2.45) is 5.73 Å². The predicted octanol–water partition coefficient (Wildman–Crippen LogP) is 1.85. The van der Waals surface area contributed by atoms with Crippen LogP contribution in [0.4, 0.5) is 0 Å². The van der Waals surface area contributed by atoms with Crippen molar-refractivity contribution in [3.05, 3.63) is 23.8 Å². The Balaban J connectivity index is 2.10. The van der Waals surface area contributed by atoms with Crippen molar-refractivity contribution in [1.29, 1.82) is 0 Å². The molecule has 1 heterocycles. The summed E-state index contributed by atoms with van der Waals surface area (Å²) in [5.41, 5.74) is 7.03. The first-order valence-corrected chi connectivity index (χ1v) is 5.64. The van der Waals surface area contributed by atoms with E-state index in [1.54, 1.807) is 11.8 Å². The van der Waals surface area contributed by atoms with Gasteiger partial charge in [0.15, 0.2) is 0 Å². The highest BCUT2D eigenvalue weighted by atomic mass is 32.2. The minimum atomic E-state index is 0.329. The molecule has 0 radical (unpaired) electrons. The fraction of sp³-hybridized carbons (Fsp3) is 0.600. The zero-order chi connectivity index (χ0) is 9.68. The number of nitrogens with two attached hydrogens (primary N) is 1. The van der Waals surface area contributed by atoms with Gasteiger partial charge in [-0.2, -0.15) is 0 Å². The van der Waals surface area contributed by atoms with E-state index >= 15 is 0 Å². The van der Waals surface area contributed by atoms with Gasteiger partial charge < -0.3 is 11.1 Å². The van der Waals surface area contributed by atoms with Crippen molar-refractivity contribution in [2.45, 2.75) is 31.0 Å². The average molecular weight is 198 g/mol. The summed E-state index contributed by atoms with van der Waals surface area (Å²) in [6.07, 6.45) is 7.47. The molecule has 2 nitrogen and oxygen atoms in total. The molecule has 0 saturated carbocycles. The van der Waals surface area contributed by atoms with Crippen LogP contribution in [0.15, 0.2) is 23.8 Å². The minimum absolute atomic E-state index is 0.329. The first-order valence-electron chi connectivity index (χ1n) is 4.70. The van der Waals surface area contributed by atoms with Crippen LogP contribution in [0.2, 0.25) is 0 Å². The molecule has 1 aliphatic heterocycles. The van der Waals surface area contributed by atoms with Gasteiger partial charge in [-0.3, -0.25) is 0 Å². The fourth-order valence-electron chi connectivity index (χ4n) is 1.18. The molecule has 3 heteroatoms. The predicted molar refractivity (Wildman–Crippen MR) is 60.5 cm³/mol. The maximum Gasteiger partial charge on any atom is 0.0797 e. The Kier molecular flexibility index (Phi) is 4.56. The SMILES string of the molecule is CC=CC(=CC)CCNC1SC1N. The van der Waals surface area contributed by atoms with Crippen molar-refractivity contribution < 1.29 is 0 Å². The molecule has 1 rings (SSSR count). The second-order valence-corrected chi connectivity index (χ2v) is 4.41. The Morgan fingerprint density at radius 3 is 2.69 bits per heavy atom. The topological polar surface area (TPSA) is 38.0 Å².